The molecule has 0 aliphatic rings. The Kier molecular flexibility index (Phi) is 4.28. The molecule has 0 radical (unpaired) electrons. The summed E-state index contributed by atoms with van der Waals surface area (Å²) in [6, 6.07) is 0. The number of thiocarbonyl (C=S) groups is 1. The van der Waals surface area contributed by atoms with E-state index in [4.69, 9.17) is 18.0 Å². The summed E-state index contributed by atoms with van der Waals surface area (Å²) < 4.78 is 0. The maximum Gasteiger partial charge on any atom is 0.235 e. The summed E-state index contributed by atoms with van der Waals surface area (Å²) in [5.41, 5.74) is 4.64. The summed E-state index contributed by atoms with van der Waals surface area (Å²) in [7, 11) is 1.80. The average molecular weight is 230 g/mol. The van der Waals surface area contributed by atoms with Crippen LogP contribution in [0.15, 0.2) is 0 Å². The molecule has 1 amide bonds. The first-order valence-electron chi connectivity index (χ1n) is 5.15. The first kappa shape index (κ1) is 14.4. The lowest BCUT2D eigenvalue weighted by atomic mass is 9.88. The third kappa shape index (κ3) is 2.91. The fourth-order valence-electron chi connectivity index (χ4n) is 1.04. The molecular weight excluding hydrogens is 208 g/mol. The van der Waals surface area contributed by atoms with Gasteiger partial charge in [0.15, 0.2) is 0 Å². The Morgan fingerprint density at radius 3 is 2.00 bits per heavy atom. The number of carbonyl (C=O) groups excluding carboxylic acids is 1. The van der Waals surface area contributed by atoms with Gasteiger partial charge in [-0.15, -0.1) is 0 Å². The zero-order valence-electron chi connectivity index (χ0n) is 10.5. The number of rotatable bonds is 4. The standard InChI is InChI=1S/C11H22N2OS/c1-7-10(2,3)13(6)9(14)11(4,5)8(12)15/h7H2,1-6H3,(H2,12,15). The summed E-state index contributed by atoms with van der Waals surface area (Å²) in [4.78, 5) is 14.1. The molecule has 88 valence electrons. The maximum atomic E-state index is 12.2. The quantitative estimate of drug-likeness (QED) is 0.751. The molecule has 0 bridgehead atoms. The zero-order chi connectivity index (χ0) is 12.4. The van der Waals surface area contributed by atoms with E-state index in [-0.39, 0.29) is 16.4 Å². The molecule has 0 aromatic carbocycles. The molecule has 0 aliphatic heterocycles. The molecule has 0 saturated carbocycles. The topological polar surface area (TPSA) is 46.3 Å². The zero-order valence-corrected chi connectivity index (χ0v) is 11.4. The van der Waals surface area contributed by atoms with Crippen molar-refractivity contribution in [3.63, 3.8) is 0 Å². The third-order valence-corrected chi connectivity index (χ3v) is 3.74. The predicted molar refractivity (Wildman–Crippen MR) is 67.7 cm³/mol. The lowest BCUT2D eigenvalue weighted by molar-refractivity contribution is -0.140. The Hall–Kier alpha value is -0.640. The molecule has 0 aromatic heterocycles. The van der Waals surface area contributed by atoms with Gasteiger partial charge in [0.1, 0.15) is 0 Å². The number of carbonyl (C=O) groups is 1. The summed E-state index contributed by atoms with van der Waals surface area (Å²) >= 11 is 4.92. The highest BCUT2D eigenvalue weighted by atomic mass is 32.1. The second-order valence-electron chi connectivity index (χ2n) is 5.02. The molecule has 4 heteroatoms. The molecule has 0 saturated heterocycles. The minimum Gasteiger partial charge on any atom is -0.392 e. The first-order valence-corrected chi connectivity index (χ1v) is 5.56. The van der Waals surface area contributed by atoms with E-state index in [2.05, 4.69) is 6.92 Å². The fourth-order valence-corrected chi connectivity index (χ4v) is 1.12. The number of nitrogens with two attached hydrogens (primary N) is 1. The normalized spacial score (nSPS) is 12.4. The molecule has 0 aromatic rings. The van der Waals surface area contributed by atoms with Crippen LogP contribution in [0.2, 0.25) is 0 Å². The van der Waals surface area contributed by atoms with Gasteiger partial charge in [0, 0.05) is 12.6 Å². The van der Waals surface area contributed by atoms with Gasteiger partial charge in [-0.2, -0.15) is 0 Å². The molecule has 3 nitrogen and oxygen atoms in total. The van der Waals surface area contributed by atoms with Crippen LogP contribution >= 0.6 is 12.2 Å². The first-order chi connectivity index (χ1) is 6.57. The molecular formula is C11H22N2OS. The third-order valence-electron chi connectivity index (χ3n) is 3.23. The van der Waals surface area contributed by atoms with Gasteiger partial charge in [0.05, 0.1) is 10.4 Å². The van der Waals surface area contributed by atoms with Gasteiger partial charge in [0.25, 0.3) is 0 Å². The number of hydrogen-bond donors (Lipinski definition) is 1. The largest absolute Gasteiger partial charge is 0.392 e. The molecule has 15 heavy (non-hydrogen) atoms. The molecule has 0 spiro atoms. The average Bonchev–Trinajstić information content (AvgIpc) is 2.15. The van der Waals surface area contributed by atoms with Crippen LogP contribution in [0.4, 0.5) is 0 Å². The highest BCUT2D eigenvalue weighted by Gasteiger charge is 2.38. The van der Waals surface area contributed by atoms with E-state index in [9.17, 15) is 4.79 Å². The Labute approximate surface area is 98.0 Å². The van der Waals surface area contributed by atoms with Gasteiger partial charge >= 0.3 is 0 Å². The van der Waals surface area contributed by atoms with E-state index in [1.54, 1.807) is 25.8 Å². The van der Waals surface area contributed by atoms with Crippen LogP contribution in [-0.4, -0.2) is 28.4 Å². The summed E-state index contributed by atoms with van der Waals surface area (Å²) in [6.45, 7) is 9.64. The minimum atomic E-state index is -0.767. The molecule has 0 heterocycles. The van der Waals surface area contributed by atoms with Crippen molar-refractivity contribution in [3.05, 3.63) is 0 Å². The number of hydrogen-bond acceptors (Lipinski definition) is 2. The summed E-state index contributed by atoms with van der Waals surface area (Å²) in [5, 5.41) is 0. The van der Waals surface area contributed by atoms with E-state index < -0.39 is 5.41 Å². The van der Waals surface area contributed by atoms with Crippen molar-refractivity contribution >= 4 is 23.1 Å². The molecule has 0 fully saturated rings. The van der Waals surface area contributed by atoms with Gasteiger partial charge in [0.2, 0.25) is 5.91 Å². The Balaban J connectivity index is 4.96. The second-order valence-corrected chi connectivity index (χ2v) is 5.46. The SMILES string of the molecule is CCC(C)(C)N(C)C(=O)C(C)(C)C(N)=S. The predicted octanol–water partition coefficient (Wildman–Crippen LogP) is 1.95. The van der Waals surface area contributed by atoms with E-state index in [1.807, 2.05) is 13.8 Å². The van der Waals surface area contributed by atoms with Crippen molar-refractivity contribution < 1.29 is 4.79 Å². The molecule has 0 rings (SSSR count). The lowest BCUT2D eigenvalue weighted by Gasteiger charge is -2.39. The van der Waals surface area contributed by atoms with Crippen LogP contribution < -0.4 is 5.73 Å². The molecule has 2 N–H and O–H groups in total. The van der Waals surface area contributed by atoms with Crippen LogP contribution in [-0.2, 0) is 4.79 Å². The number of nitrogens with zero attached hydrogens (tertiary/aromatic N) is 1. The van der Waals surface area contributed by atoms with Crippen molar-refractivity contribution in [1.82, 2.24) is 4.90 Å². The smallest absolute Gasteiger partial charge is 0.235 e. The van der Waals surface area contributed by atoms with Gasteiger partial charge in [-0.05, 0) is 34.1 Å². The summed E-state index contributed by atoms with van der Waals surface area (Å²) in [5.74, 6) is -0.0261. The maximum absolute atomic E-state index is 12.2. The van der Waals surface area contributed by atoms with Gasteiger partial charge in [-0.1, -0.05) is 19.1 Å². The van der Waals surface area contributed by atoms with Crippen LogP contribution in [0, 0.1) is 5.41 Å². The van der Waals surface area contributed by atoms with E-state index in [0.717, 1.165) is 6.42 Å². The Morgan fingerprint density at radius 2 is 1.73 bits per heavy atom. The van der Waals surface area contributed by atoms with Crippen LogP contribution in [0.5, 0.6) is 0 Å². The van der Waals surface area contributed by atoms with Crippen LogP contribution in [0.25, 0.3) is 0 Å². The van der Waals surface area contributed by atoms with Gasteiger partial charge < -0.3 is 10.6 Å². The molecule has 0 unspecified atom stereocenters. The van der Waals surface area contributed by atoms with Crippen molar-refractivity contribution in [2.75, 3.05) is 7.05 Å². The van der Waals surface area contributed by atoms with Gasteiger partial charge in [-0.3, -0.25) is 4.79 Å². The van der Waals surface area contributed by atoms with Crippen molar-refractivity contribution in [3.8, 4) is 0 Å². The van der Waals surface area contributed by atoms with Crippen molar-refractivity contribution in [1.29, 1.82) is 0 Å². The van der Waals surface area contributed by atoms with Crippen LogP contribution in [0.3, 0.4) is 0 Å². The fraction of sp³-hybridized carbons (Fsp3) is 0.818. The molecule has 0 atom stereocenters. The van der Waals surface area contributed by atoms with Crippen molar-refractivity contribution in [2.24, 2.45) is 11.1 Å². The Morgan fingerprint density at radius 1 is 1.33 bits per heavy atom. The molecule has 0 aliphatic carbocycles. The highest BCUT2D eigenvalue weighted by Crippen LogP contribution is 2.25. The van der Waals surface area contributed by atoms with Crippen LogP contribution in [0.1, 0.15) is 41.0 Å². The van der Waals surface area contributed by atoms with E-state index in [1.165, 1.54) is 0 Å². The monoisotopic (exact) mass is 230 g/mol. The minimum absolute atomic E-state index is 0.0261. The van der Waals surface area contributed by atoms with E-state index in [0.29, 0.717) is 0 Å². The Bertz CT molecular complexity index is 272. The highest BCUT2D eigenvalue weighted by molar-refractivity contribution is 7.80. The number of amides is 1. The van der Waals surface area contributed by atoms with Crippen molar-refractivity contribution in [2.45, 2.75) is 46.6 Å². The van der Waals surface area contributed by atoms with E-state index >= 15 is 0 Å². The summed E-state index contributed by atoms with van der Waals surface area (Å²) in [6.07, 6.45) is 0.892. The second kappa shape index (κ2) is 4.47. The van der Waals surface area contributed by atoms with Gasteiger partial charge in [-0.25, -0.2) is 0 Å². The lowest BCUT2D eigenvalue weighted by Crippen LogP contribution is -2.53.